The Morgan fingerprint density at radius 2 is 2.64 bits per heavy atom. The van der Waals surface area contributed by atoms with Gasteiger partial charge in [-0.1, -0.05) is 0 Å². The molecule has 0 aliphatic carbocycles. The predicted molar refractivity (Wildman–Crippen MR) is 42.3 cm³/mol. The number of aromatic nitrogens is 2. The van der Waals surface area contributed by atoms with Crippen LogP contribution in [-0.2, 0) is 11.2 Å². The van der Waals surface area contributed by atoms with Crippen molar-refractivity contribution in [2.75, 3.05) is 6.54 Å². The second kappa shape index (κ2) is 4.02. The van der Waals surface area contributed by atoms with Crippen molar-refractivity contribution in [3.05, 3.63) is 10.5 Å². The molecule has 0 radical (unpaired) electrons. The van der Waals surface area contributed by atoms with E-state index in [-0.39, 0.29) is 5.91 Å². The molecule has 0 aliphatic heterocycles. The number of nitrogens with zero attached hydrogens (tertiary/aromatic N) is 2. The van der Waals surface area contributed by atoms with Gasteiger partial charge < -0.3 is 5.32 Å². The van der Waals surface area contributed by atoms with Gasteiger partial charge in [0.05, 0.1) is 0 Å². The first-order valence-electron chi connectivity index (χ1n) is 3.28. The Bertz CT molecular complexity index is 222. The van der Waals surface area contributed by atoms with Crippen molar-refractivity contribution in [1.82, 2.24) is 15.5 Å². The molecule has 0 bridgehead atoms. The standard InChI is InChI=1S/C6H9N3OS/c1-5(10)7-3-2-6-9-8-4-11-6/h4H,2-3H2,1H3,(H,7,10). The minimum Gasteiger partial charge on any atom is -0.356 e. The van der Waals surface area contributed by atoms with E-state index in [2.05, 4.69) is 15.5 Å². The van der Waals surface area contributed by atoms with Gasteiger partial charge in [0.1, 0.15) is 10.5 Å². The summed E-state index contributed by atoms with van der Waals surface area (Å²) in [4.78, 5) is 10.4. The van der Waals surface area contributed by atoms with Crippen LogP contribution in [0.3, 0.4) is 0 Å². The molecule has 0 aliphatic rings. The number of hydrogen-bond acceptors (Lipinski definition) is 4. The highest BCUT2D eigenvalue weighted by Crippen LogP contribution is 2.00. The maximum Gasteiger partial charge on any atom is 0.216 e. The molecule has 1 aromatic heterocycles. The Morgan fingerprint density at radius 3 is 3.18 bits per heavy atom. The van der Waals surface area contributed by atoms with Gasteiger partial charge in [-0.25, -0.2) is 0 Å². The first kappa shape index (κ1) is 8.13. The van der Waals surface area contributed by atoms with Gasteiger partial charge in [-0.2, -0.15) is 0 Å². The number of hydrogen-bond donors (Lipinski definition) is 1. The predicted octanol–water partition coefficient (Wildman–Crippen LogP) is 0.217. The van der Waals surface area contributed by atoms with Crippen molar-refractivity contribution in [3.63, 3.8) is 0 Å². The molecule has 0 atom stereocenters. The molecule has 0 saturated carbocycles. The SMILES string of the molecule is CC(=O)NCCc1nncs1. The van der Waals surface area contributed by atoms with Crippen LogP contribution in [0, 0.1) is 0 Å². The average Bonchev–Trinajstić information content (AvgIpc) is 2.39. The Hall–Kier alpha value is -0.970. The number of nitrogens with one attached hydrogen (secondary N) is 1. The zero-order valence-electron chi connectivity index (χ0n) is 6.20. The third-order valence-corrected chi connectivity index (χ3v) is 1.88. The molecule has 0 unspecified atom stereocenters. The topological polar surface area (TPSA) is 54.9 Å². The van der Waals surface area contributed by atoms with Gasteiger partial charge in [0, 0.05) is 19.9 Å². The number of carbonyl (C=O) groups excluding carboxylic acids is 1. The summed E-state index contributed by atoms with van der Waals surface area (Å²) in [5.74, 6) is -0.00508. The van der Waals surface area contributed by atoms with E-state index in [1.165, 1.54) is 18.3 Å². The minimum atomic E-state index is -0.00508. The van der Waals surface area contributed by atoms with Gasteiger partial charge in [0.15, 0.2) is 0 Å². The van der Waals surface area contributed by atoms with E-state index in [4.69, 9.17) is 0 Å². The molecule has 5 heteroatoms. The van der Waals surface area contributed by atoms with Crippen LogP contribution >= 0.6 is 11.3 Å². The van der Waals surface area contributed by atoms with Crippen LogP contribution < -0.4 is 5.32 Å². The first-order chi connectivity index (χ1) is 5.29. The third kappa shape index (κ3) is 3.08. The lowest BCUT2D eigenvalue weighted by Crippen LogP contribution is -2.22. The monoisotopic (exact) mass is 171 g/mol. The third-order valence-electron chi connectivity index (χ3n) is 1.12. The maximum atomic E-state index is 10.4. The lowest BCUT2D eigenvalue weighted by Gasteiger charge is -1.96. The van der Waals surface area contributed by atoms with Crippen molar-refractivity contribution in [2.24, 2.45) is 0 Å². The Labute approximate surface area is 68.7 Å². The molecule has 11 heavy (non-hydrogen) atoms. The van der Waals surface area contributed by atoms with Crippen LogP contribution in [0.5, 0.6) is 0 Å². The fourth-order valence-electron chi connectivity index (χ4n) is 0.650. The molecule has 1 heterocycles. The Balaban J connectivity index is 2.19. The lowest BCUT2D eigenvalue weighted by atomic mass is 10.4. The molecular weight excluding hydrogens is 162 g/mol. The van der Waals surface area contributed by atoms with Crippen molar-refractivity contribution in [2.45, 2.75) is 13.3 Å². The lowest BCUT2D eigenvalue weighted by molar-refractivity contribution is -0.118. The largest absolute Gasteiger partial charge is 0.356 e. The number of amides is 1. The van der Waals surface area contributed by atoms with Gasteiger partial charge in [0.25, 0.3) is 0 Å². The van der Waals surface area contributed by atoms with Gasteiger partial charge in [-0.3, -0.25) is 4.79 Å². The summed E-state index contributed by atoms with van der Waals surface area (Å²) in [6.45, 7) is 2.14. The summed E-state index contributed by atoms with van der Waals surface area (Å²) in [6.07, 6.45) is 0.768. The fourth-order valence-corrected chi connectivity index (χ4v) is 1.18. The van der Waals surface area contributed by atoms with Gasteiger partial charge in [0.2, 0.25) is 5.91 Å². The second-order valence-corrected chi connectivity index (χ2v) is 2.98. The molecule has 1 rings (SSSR count). The summed E-state index contributed by atoms with van der Waals surface area (Å²) in [5, 5.41) is 11.1. The minimum absolute atomic E-state index is 0.00508. The second-order valence-electron chi connectivity index (χ2n) is 2.07. The van der Waals surface area contributed by atoms with Crippen molar-refractivity contribution < 1.29 is 4.79 Å². The van der Waals surface area contributed by atoms with Gasteiger partial charge in [-0.05, 0) is 0 Å². The van der Waals surface area contributed by atoms with E-state index in [1.807, 2.05) is 0 Å². The van der Waals surface area contributed by atoms with E-state index in [0.29, 0.717) is 6.54 Å². The summed E-state index contributed by atoms with van der Waals surface area (Å²) in [5.41, 5.74) is 1.68. The van der Waals surface area contributed by atoms with E-state index in [1.54, 1.807) is 5.51 Å². The van der Waals surface area contributed by atoms with Gasteiger partial charge in [-0.15, -0.1) is 21.5 Å². The molecule has 4 nitrogen and oxygen atoms in total. The smallest absolute Gasteiger partial charge is 0.216 e. The first-order valence-corrected chi connectivity index (χ1v) is 4.16. The molecule has 1 N–H and O–H groups in total. The highest BCUT2D eigenvalue weighted by molar-refractivity contribution is 7.09. The molecular formula is C6H9N3OS. The fraction of sp³-hybridized carbons (Fsp3) is 0.500. The molecule has 0 saturated heterocycles. The molecule has 0 fully saturated rings. The molecule has 60 valence electrons. The van der Waals surface area contributed by atoms with Crippen LogP contribution in [0.25, 0.3) is 0 Å². The normalized spacial score (nSPS) is 9.55. The van der Waals surface area contributed by atoms with Crippen molar-refractivity contribution in [1.29, 1.82) is 0 Å². The van der Waals surface area contributed by atoms with E-state index < -0.39 is 0 Å². The zero-order valence-corrected chi connectivity index (χ0v) is 7.02. The van der Waals surface area contributed by atoms with Crippen LogP contribution in [0.1, 0.15) is 11.9 Å². The van der Waals surface area contributed by atoms with Crippen LogP contribution in [0.4, 0.5) is 0 Å². The average molecular weight is 171 g/mol. The molecule has 0 aromatic carbocycles. The number of rotatable bonds is 3. The maximum absolute atomic E-state index is 10.4. The summed E-state index contributed by atoms with van der Waals surface area (Å²) in [7, 11) is 0. The summed E-state index contributed by atoms with van der Waals surface area (Å²) in [6, 6.07) is 0. The van der Waals surface area contributed by atoms with Crippen molar-refractivity contribution >= 4 is 17.2 Å². The van der Waals surface area contributed by atoms with Gasteiger partial charge >= 0.3 is 0 Å². The summed E-state index contributed by atoms with van der Waals surface area (Å²) >= 11 is 1.50. The molecule has 1 amide bonds. The van der Waals surface area contributed by atoms with Crippen LogP contribution in [-0.4, -0.2) is 22.6 Å². The van der Waals surface area contributed by atoms with E-state index >= 15 is 0 Å². The Morgan fingerprint density at radius 1 is 1.82 bits per heavy atom. The zero-order chi connectivity index (χ0) is 8.10. The van der Waals surface area contributed by atoms with E-state index in [9.17, 15) is 4.79 Å². The Kier molecular flexibility index (Phi) is 2.97. The molecule has 1 aromatic rings. The van der Waals surface area contributed by atoms with Crippen LogP contribution in [0.15, 0.2) is 5.51 Å². The van der Waals surface area contributed by atoms with Crippen LogP contribution in [0.2, 0.25) is 0 Å². The quantitative estimate of drug-likeness (QED) is 0.707. The summed E-state index contributed by atoms with van der Waals surface area (Å²) < 4.78 is 0. The number of carbonyl (C=O) groups is 1. The highest BCUT2D eigenvalue weighted by Gasteiger charge is 1.96. The van der Waals surface area contributed by atoms with Crippen molar-refractivity contribution in [3.8, 4) is 0 Å². The molecule has 0 spiro atoms. The highest BCUT2D eigenvalue weighted by atomic mass is 32.1. The van der Waals surface area contributed by atoms with E-state index in [0.717, 1.165) is 11.4 Å².